The first kappa shape index (κ1) is 21.7. The summed E-state index contributed by atoms with van der Waals surface area (Å²) in [6, 6.07) is 6.92. The molecule has 2 aromatic heterocycles. The van der Waals surface area contributed by atoms with Crippen molar-refractivity contribution in [3.63, 3.8) is 0 Å². The van der Waals surface area contributed by atoms with Gasteiger partial charge in [0, 0.05) is 34.8 Å². The molecule has 0 aliphatic heterocycles. The van der Waals surface area contributed by atoms with Crippen LogP contribution < -0.4 is 0 Å². The molecule has 0 saturated heterocycles. The van der Waals surface area contributed by atoms with E-state index in [1.54, 1.807) is 19.2 Å². The van der Waals surface area contributed by atoms with Gasteiger partial charge in [0.1, 0.15) is 15.9 Å². The maximum absolute atomic E-state index is 14.9. The third-order valence-electron chi connectivity index (χ3n) is 4.84. The largest absolute Gasteiger partial charge is 0.330 e. The Morgan fingerprint density at radius 2 is 1.97 bits per heavy atom. The third-order valence-corrected chi connectivity index (χ3v) is 8.35. The second-order valence-electron chi connectivity index (χ2n) is 7.55. The number of benzene rings is 1. The molecular weight excluding hydrogens is 407 g/mol. The van der Waals surface area contributed by atoms with E-state index in [4.69, 9.17) is 0 Å². The van der Waals surface area contributed by atoms with Crippen molar-refractivity contribution in [2.24, 2.45) is 5.92 Å². The highest BCUT2D eigenvalue weighted by Crippen LogP contribution is 2.37. The zero-order chi connectivity index (χ0) is 21.2. The van der Waals surface area contributed by atoms with Crippen LogP contribution in [0.5, 0.6) is 0 Å². The molecule has 0 spiro atoms. The van der Waals surface area contributed by atoms with Crippen LogP contribution in [-0.4, -0.2) is 23.7 Å². The summed E-state index contributed by atoms with van der Waals surface area (Å²) < 4.78 is 42.4. The number of sulfone groups is 1. The van der Waals surface area contributed by atoms with Crippen LogP contribution in [0.15, 0.2) is 40.9 Å². The standard InChI is InChI=1S/C22H27FN2O2S2/c1-5-21-24-9-10-25(21)14-17-8-7-16(12-20(17)23)19-13-18(11-15(3)4)28-22(19)29(26,27)6-2/h7-10,12-13,15H,5-6,11,14H2,1-4H3. The van der Waals surface area contributed by atoms with Gasteiger partial charge in [-0.15, -0.1) is 11.3 Å². The zero-order valence-corrected chi connectivity index (χ0v) is 18.9. The Labute approximate surface area is 176 Å². The average Bonchev–Trinajstić information content (AvgIpc) is 3.30. The van der Waals surface area contributed by atoms with E-state index in [1.165, 1.54) is 17.4 Å². The van der Waals surface area contributed by atoms with E-state index in [0.29, 0.717) is 33.4 Å². The quantitative estimate of drug-likeness (QED) is 0.480. The summed E-state index contributed by atoms with van der Waals surface area (Å²) in [7, 11) is -3.38. The van der Waals surface area contributed by atoms with Gasteiger partial charge in [-0.3, -0.25) is 0 Å². The predicted molar refractivity (Wildman–Crippen MR) is 117 cm³/mol. The topological polar surface area (TPSA) is 52.0 Å². The van der Waals surface area contributed by atoms with Crippen molar-refractivity contribution in [1.82, 2.24) is 9.55 Å². The molecule has 0 bridgehead atoms. The molecule has 2 heterocycles. The number of aryl methyl sites for hydroxylation is 1. The Balaban J connectivity index is 2.00. The van der Waals surface area contributed by atoms with Crippen LogP contribution in [-0.2, 0) is 29.2 Å². The smallest absolute Gasteiger partial charge is 0.188 e. The molecule has 4 nitrogen and oxygen atoms in total. The maximum Gasteiger partial charge on any atom is 0.188 e. The van der Waals surface area contributed by atoms with Gasteiger partial charge >= 0.3 is 0 Å². The molecule has 156 valence electrons. The molecule has 0 unspecified atom stereocenters. The van der Waals surface area contributed by atoms with Crippen LogP contribution in [0.4, 0.5) is 4.39 Å². The molecule has 3 aromatic rings. The Morgan fingerprint density at radius 3 is 2.59 bits per heavy atom. The van der Waals surface area contributed by atoms with E-state index in [2.05, 4.69) is 18.8 Å². The number of halogens is 1. The minimum absolute atomic E-state index is 0.0304. The molecule has 0 radical (unpaired) electrons. The molecule has 0 aliphatic carbocycles. The Bertz CT molecular complexity index is 1100. The fourth-order valence-corrected chi connectivity index (χ4v) is 6.39. The summed E-state index contributed by atoms with van der Waals surface area (Å²) >= 11 is 1.31. The van der Waals surface area contributed by atoms with E-state index in [0.717, 1.165) is 23.5 Å². The van der Waals surface area contributed by atoms with Gasteiger partial charge in [-0.05, 0) is 30.0 Å². The SMILES string of the molecule is CCc1nccn1Cc1ccc(-c2cc(CC(C)C)sc2S(=O)(=O)CC)cc1F. The van der Waals surface area contributed by atoms with Crippen LogP contribution in [0.3, 0.4) is 0 Å². The molecule has 1 aromatic carbocycles. The first-order valence-corrected chi connectivity index (χ1v) is 12.4. The average molecular weight is 435 g/mol. The normalized spacial score (nSPS) is 12.1. The highest BCUT2D eigenvalue weighted by Gasteiger charge is 2.23. The zero-order valence-electron chi connectivity index (χ0n) is 17.3. The number of thiophene rings is 1. The first-order chi connectivity index (χ1) is 13.7. The van der Waals surface area contributed by atoms with E-state index >= 15 is 0 Å². The van der Waals surface area contributed by atoms with Crippen molar-refractivity contribution in [1.29, 1.82) is 0 Å². The summed E-state index contributed by atoms with van der Waals surface area (Å²) in [6.45, 7) is 8.25. The van der Waals surface area contributed by atoms with E-state index in [9.17, 15) is 12.8 Å². The number of nitrogens with zero attached hydrogens (tertiary/aromatic N) is 2. The molecule has 0 atom stereocenters. The van der Waals surface area contributed by atoms with Crippen molar-refractivity contribution >= 4 is 21.2 Å². The number of rotatable bonds is 8. The third kappa shape index (κ3) is 4.78. The highest BCUT2D eigenvalue weighted by molar-refractivity contribution is 7.93. The first-order valence-electron chi connectivity index (χ1n) is 9.89. The molecule has 0 aliphatic rings. The van der Waals surface area contributed by atoms with Crippen molar-refractivity contribution in [3.05, 3.63) is 58.7 Å². The van der Waals surface area contributed by atoms with Crippen molar-refractivity contribution in [2.45, 2.75) is 51.3 Å². The fraction of sp³-hybridized carbons (Fsp3) is 0.409. The minimum Gasteiger partial charge on any atom is -0.330 e. The van der Waals surface area contributed by atoms with Crippen molar-refractivity contribution in [2.75, 3.05) is 5.75 Å². The molecule has 7 heteroatoms. The molecule has 0 fully saturated rings. The summed E-state index contributed by atoms with van der Waals surface area (Å²) in [5, 5.41) is 0. The number of hydrogen-bond acceptors (Lipinski definition) is 4. The Kier molecular flexibility index (Phi) is 6.58. The van der Waals surface area contributed by atoms with Gasteiger partial charge in [-0.2, -0.15) is 0 Å². The van der Waals surface area contributed by atoms with Crippen molar-refractivity contribution in [3.8, 4) is 11.1 Å². The molecule has 0 saturated carbocycles. The van der Waals surface area contributed by atoms with Gasteiger partial charge in [0.25, 0.3) is 0 Å². The van der Waals surface area contributed by atoms with Gasteiger partial charge < -0.3 is 4.57 Å². The summed E-state index contributed by atoms with van der Waals surface area (Å²) in [6.07, 6.45) is 5.14. The molecule has 0 N–H and O–H groups in total. The monoisotopic (exact) mass is 434 g/mol. The van der Waals surface area contributed by atoms with E-state index < -0.39 is 9.84 Å². The van der Waals surface area contributed by atoms with Crippen LogP contribution in [0.25, 0.3) is 11.1 Å². The van der Waals surface area contributed by atoms with Gasteiger partial charge in [0.2, 0.25) is 0 Å². The highest BCUT2D eigenvalue weighted by atomic mass is 32.2. The lowest BCUT2D eigenvalue weighted by molar-refractivity contribution is 0.594. The van der Waals surface area contributed by atoms with Crippen LogP contribution >= 0.6 is 11.3 Å². The molecule has 29 heavy (non-hydrogen) atoms. The minimum atomic E-state index is -3.38. The summed E-state index contributed by atoms with van der Waals surface area (Å²) in [4.78, 5) is 5.29. The lowest BCUT2D eigenvalue weighted by Crippen LogP contribution is -2.05. The van der Waals surface area contributed by atoms with Gasteiger partial charge in [0.05, 0.1) is 12.3 Å². The van der Waals surface area contributed by atoms with E-state index in [-0.39, 0.29) is 11.6 Å². The molecular formula is C22H27FN2O2S2. The van der Waals surface area contributed by atoms with Crippen LogP contribution in [0, 0.1) is 11.7 Å². The fourth-order valence-electron chi connectivity index (χ4n) is 3.31. The number of aromatic nitrogens is 2. The number of hydrogen-bond donors (Lipinski definition) is 0. The van der Waals surface area contributed by atoms with E-state index in [1.807, 2.05) is 29.8 Å². The summed E-state index contributed by atoms with van der Waals surface area (Å²) in [5.74, 6) is 1.01. The molecule has 3 rings (SSSR count). The van der Waals surface area contributed by atoms with Gasteiger partial charge in [-0.25, -0.2) is 17.8 Å². The Hall–Kier alpha value is -1.99. The second-order valence-corrected chi connectivity index (χ2v) is 11.2. The maximum atomic E-state index is 14.9. The van der Waals surface area contributed by atoms with Gasteiger partial charge in [-0.1, -0.05) is 39.8 Å². The Morgan fingerprint density at radius 1 is 1.21 bits per heavy atom. The summed E-state index contributed by atoms with van der Waals surface area (Å²) in [5.41, 5.74) is 1.76. The lowest BCUT2D eigenvalue weighted by Gasteiger charge is -2.10. The van der Waals surface area contributed by atoms with Gasteiger partial charge in [0.15, 0.2) is 9.84 Å². The second kappa shape index (κ2) is 8.79. The lowest BCUT2D eigenvalue weighted by atomic mass is 10.0. The number of imidazole rings is 1. The van der Waals surface area contributed by atoms with Crippen molar-refractivity contribution < 1.29 is 12.8 Å². The predicted octanol–water partition coefficient (Wildman–Crippen LogP) is 5.35. The van der Waals surface area contributed by atoms with Crippen LogP contribution in [0.1, 0.15) is 44.0 Å². The van der Waals surface area contributed by atoms with Crippen LogP contribution in [0.2, 0.25) is 0 Å². The molecule has 0 amide bonds.